The van der Waals surface area contributed by atoms with Crippen molar-refractivity contribution in [2.24, 2.45) is 5.73 Å². The Morgan fingerprint density at radius 1 is 1.33 bits per heavy atom. The van der Waals surface area contributed by atoms with Crippen molar-refractivity contribution < 1.29 is 14.3 Å². The van der Waals surface area contributed by atoms with Crippen LogP contribution in [-0.4, -0.2) is 31.0 Å². The molecule has 114 valence electrons. The van der Waals surface area contributed by atoms with E-state index in [1.165, 1.54) is 0 Å². The molecule has 1 saturated carbocycles. The summed E-state index contributed by atoms with van der Waals surface area (Å²) in [6.07, 6.45) is 3.40. The summed E-state index contributed by atoms with van der Waals surface area (Å²) in [5.74, 6) is 0.147. The number of anilines is 1. The van der Waals surface area contributed by atoms with E-state index in [0.29, 0.717) is 24.3 Å². The van der Waals surface area contributed by atoms with Gasteiger partial charge in [-0.1, -0.05) is 18.9 Å². The number of nitrogens with two attached hydrogens (primary N) is 1. The first-order valence-electron chi connectivity index (χ1n) is 7.07. The summed E-state index contributed by atoms with van der Waals surface area (Å²) in [6, 6.07) is 6.93. The van der Waals surface area contributed by atoms with Gasteiger partial charge in [0, 0.05) is 18.8 Å². The Kier molecular flexibility index (Phi) is 4.80. The average Bonchev–Trinajstić information content (AvgIpc) is 2.93. The van der Waals surface area contributed by atoms with Gasteiger partial charge in [0.1, 0.15) is 5.75 Å². The van der Waals surface area contributed by atoms with Gasteiger partial charge in [0.2, 0.25) is 5.91 Å². The van der Waals surface area contributed by atoms with Gasteiger partial charge in [0.15, 0.2) is 6.61 Å². The monoisotopic (exact) mass is 291 g/mol. The van der Waals surface area contributed by atoms with Crippen LogP contribution in [-0.2, 0) is 9.59 Å². The Morgan fingerprint density at radius 3 is 2.71 bits per heavy atom. The first kappa shape index (κ1) is 15.3. The highest BCUT2D eigenvalue weighted by atomic mass is 16.5. The van der Waals surface area contributed by atoms with Gasteiger partial charge >= 0.3 is 0 Å². The Labute approximate surface area is 124 Å². The average molecular weight is 291 g/mol. The van der Waals surface area contributed by atoms with E-state index in [1.807, 2.05) is 0 Å². The molecule has 0 saturated heterocycles. The topological polar surface area (TPSA) is 93.5 Å². The first-order chi connectivity index (χ1) is 10.0. The number of benzene rings is 1. The molecule has 0 heterocycles. The first-order valence-corrected chi connectivity index (χ1v) is 7.07. The number of carbonyl (C=O) groups excluding carboxylic acids is 2. The van der Waals surface area contributed by atoms with Crippen LogP contribution in [0.3, 0.4) is 0 Å². The van der Waals surface area contributed by atoms with E-state index in [0.717, 1.165) is 12.8 Å². The third-order valence-corrected chi connectivity index (χ3v) is 3.69. The molecule has 6 nitrogen and oxygen atoms in total. The Bertz CT molecular complexity index is 525. The van der Waals surface area contributed by atoms with Crippen molar-refractivity contribution in [1.29, 1.82) is 0 Å². The Hall–Kier alpha value is -2.08. The lowest BCUT2D eigenvalue weighted by molar-refractivity contribution is -0.122. The number of amides is 2. The van der Waals surface area contributed by atoms with Crippen LogP contribution >= 0.6 is 0 Å². The molecule has 0 aromatic heterocycles. The molecule has 1 aromatic rings. The Balaban J connectivity index is 1.97. The van der Waals surface area contributed by atoms with Crippen LogP contribution in [0.2, 0.25) is 0 Å². The molecule has 0 bridgehead atoms. The second-order valence-electron chi connectivity index (χ2n) is 5.31. The molecule has 0 radical (unpaired) electrons. The van der Waals surface area contributed by atoms with Crippen LogP contribution in [0.5, 0.6) is 5.75 Å². The zero-order chi connectivity index (χ0) is 15.3. The number of nitrogens with one attached hydrogen (secondary N) is 2. The van der Waals surface area contributed by atoms with E-state index >= 15 is 0 Å². The van der Waals surface area contributed by atoms with Gasteiger partial charge < -0.3 is 21.1 Å². The van der Waals surface area contributed by atoms with Crippen molar-refractivity contribution in [2.75, 3.05) is 19.0 Å². The summed E-state index contributed by atoms with van der Waals surface area (Å²) in [4.78, 5) is 23.4. The summed E-state index contributed by atoms with van der Waals surface area (Å²) < 4.78 is 5.34. The van der Waals surface area contributed by atoms with E-state index in [4.69, 9.17) is 10.5 Å². The fourth-order valence-electron chi connectivity index (χ4n) is 2.37. The molecular weight excluding hydrogens is 270 g/mol. The van der Waals surface area contributed by atoms with E-state index < -0.39 is 5.54 Å². The lowest BCUT2D eigenvalue weighted by Crippen LogP contribution is -2.48. The summed E-state index contributed by atoms with van der Waals surface area (Å²) >= 11 is 0. The number of rotatable bonds is 5. The summed E-state index contributed by atoms with van der Waals surface area (Å²) in [5.41, 5.74) is 5.96. The largest absolute Gasteiger partial charge is 0.484 e. The molecular formula is C15H21N3O3. The van der Waals surface area contributed by atoms with Gasteiger partial charge in [0.05, 0.1) is 5.54 Å². The van der Waals surface area contributed by atoms with Crippen LogP contribution in [0.25, 0.3) is 0 Å². The molecule has 4 N–H and O–H groups in total. The predicted molar refractivity (Wildman–Crippen MR) is 80.0 cm³/mol. The third-order valence-electron chi connectivity index (χ3n) is 3.69. The van der Waals surface area contributed by atoms with Crippen LogP contribution in [0.1, 0.15) is 25.7 Å². The van der Waals surface area contributed by atoms with Crippen molar-refractivity contribution in [3.63, 3.8) is 0 Å². The van der Waals surface area contributed by atoms with E-state index in [2.05, 4.69) is 10.6 Å². The number of ether oxygens (including phenoxy) is 1. The number of likely N-dealkylation sites (N-methyl/N-ethyl adjacent to an activating group) is 1. The van der Waals surface area contributed by atoms with E-state index in [-0.39, 0.29) is 18.4 Å². The minimum Gasteiger partial charge on any atom is -0.484 e. The van der Waals surface area contributed by atoms with Gasteiger partial charge in [-0.3, -0.25) is 9.59 Å². The number of carbonyl (C=O) groups is 2. The quantitative estimate of drug-likeness (QED) is 0.755. The maximum absolute atomic E-state index is 12.2. The second kappa shape index (κ2) is 6.58. The molecule has 0 spiro atoms. The number of hydrogen-bond acceptors (Lipinski definition) is 4. The molecule has 1 aliphatic carbocycles. The molecule has 1 fully saturated rings. The van der Waals surface area contributed by atoms with Crippen LogP contribution in [0.15, 0.2) is 24.3 Å². The zero-order valence-electron chi connectivity index (χ0n) is 12.1. The second-order valence-corrected chi connectivity index (χ2v) is 5.31. The highest BCUT2D eigenvalue weighted by molar-refractivity contribution is 5.98. The normalized spacial score (nSPS) is 16.3. The van der Waals surface area contributed by atoms with Crippen molar-refractivity contribution in [2.45, 2.75) is 31.2 Å². The molecule has 2 rings (SSSR count). The predicted octanol–water partition coefficient (Wildman–Crippen LogP) is 1.02. The van der Waals surface area contributed by atoms with Crippen molar-refractivity contribution in [3.05, 3.63) is 24.3 Å². The fourth-order valence-corrected chi connectivity index (χ4v) is 2.37. The molecule has 21 heavy (non-hydrogen) atoms. The minimum absolute atomic E-state index is 0.0608. The third kappa shape index (κ3) is 3.95. The lowest BCUT2D eigenvalue weighted by Gasteiger charge is -2.22. The fraction of sp³-hybridized carbons (Fsp3) is 0.467. The highest BCUT2D eigenvalue weighted by Gasteiger charge is 2.36. The smallest absolute Gasteiger partial charge is 0.257 e. The van der Waals surface area contributed by atoms with Crippen LogP contribution in [0, 0.1) is 0 Å². The zero-order valence-corrected chi connectivity index (χ0v) is 12.1. The molecule has 0 unspecified atom stereocenters. The van der Waals surface area contributed by atoms with E-state index in [1.54, 1.807) is 31.3 Å². The maximum atomic E-state index is 12.2. The molecule has 6 heteroatoms. The lowest BCUT2D eigenvalue weighted by atomic mass is 9.98. The summed E-state index contributed by atoms with van der Waals surface area (Å²) in [5, 5.41) is 5.30. The van der Waals surface area contributed by atoms with Crippen LogP contribution < -0.4 is 21.1 Å². The van der Waals surface area contributed by atoms with Crippen LogP contribution in [0.4, 0.5) is 5.69 Å². The van der Waals surface area contributed by atoms with Gasteiger partial charge in [-0.25, -0.2) is 0 Å². The molecule has 2 amide bonds. The number of hydrogen-bond donors (Lipinski definition) is 3. The van der Waals surface area contributed by atoms with Gasteiger partial charge in [-0.2, -0.15) is 0 Å². The van der Waals surface area contributed by atoms with Gasteiger partial charge in [-0.15, -0.1) is 0 Å². The van der Waals surface area contributed by atoms with Crippen molar-refractivity contribution >= 4 is 17.5 Å². The van der Waals surface area contributed by atoms with Crippen molar-refractivity contribution in [3.8, 4) is 5.75 Å². The standard InChI is InChI=1S/C15H21N3O3/c1-17-13(19)10-21-12-6-4-5-11(9-12)18-14(20)15(16)7-2-3-8-15/h4-6,9H,2-3,7-8,10,16H2,1H3,(H,17,19)(H,18,20). The SMILES string of the molecule is CNC(=O)COc1cccc(NC(=O)C2(N)CCCC2)c1. The minimum atomic E-state index is -0.765. The maximum Gasteiger partial charge on any atom is 0.257 e. The Morgan fingerprint density at radius 2 is 2.05 bits per heavy atom. The van der Waals surface area contributed by atoms with Gasteiger partial charge in [0.25, 0.3) is 5.91 Å². The molecule has 0 aliphatic heterocycles. The highest BCUT2D eigenvalue weighted by Crippen LogP contribution is 2.28. The summed E-state index contributed by atoms with van der Waals surface area (Å²) in [6.45, 7) is -0.0608. The summed E-state index contributed by atoms with van der Waals surface area (Å²) in [7, 11) is 1.55. The molecule has 0 atom stereocenters. The van der Waals surface area contributed by atoms with Gasteiger partial charge in [-0.05, 0) is 25.0 Å². The molecule has 1 aromatic carbocycles. The van der Waals surface area contributed by atoms with Crippen molar-refractivity contribution in [1.82, 2.24) is 5.32 Å². The van der Waals surface area contributed by atoms with E-state index in [9.17, 15) is 9.59 Å². The molecule has 1 aliphatic rings.